The van der Waals surface area contributed by atoms with Crippen LogP contribution in [0.15, 0.2) is 23.3 Å². The maximum atomic E-state index is 2.36. The lowest BCUT2D eigenvalue weighted by molar-refractivity contribution is 0.485. The molecule has 0 bridgehead atoms. The molecule has 0 aromatic heterocycles. The van der Waals surface area contributed by atoms with Gasteiger partial charge >= 0.3 is 0 Å². The second-order valence-corrected chi connectivity index (χ2v) is 3.81. The molecule has 0 spiro atoms. The highest BCUT2D eigenvalue weighted by molar-refractivity contribution is 5.36. The van der Waals surface area contributed by atoms with Gasteiger partial charge in [-0.1, -0.05) is 38.5 Å². The fourth-order valence-corrected chi connectivity index (χ4v) is 1.55. The SMILES string of the molecule is CC1=CCC=C1C(C)C(C)C. The highest BCUT2D eigenvalue weighted by atomic mass is 14.2. The van der Waals surface area contributed by atoms with Crippen LogP contribution in [0, 0.1) is 11.8 Å². The van der Waals surface area contributed by atoms with Crippen LogP contribution in [0.5, 0.6) is 0 Å². The largest absolute Gasteiger partial charge is 0.0775 e. The third kappa shape index (κ3) is 1.74. The quantitative estimate of drug-likeness (QED) is 0.564. The number of allylic oxidation sites excluding steroid dienone is 4. The molecule has 0 nitrogen and oxygen atoms in total. The molecular weight excluding hydrogens is 132 g/mol. The average Bonchev–Trinajstić information content (AvgIpc) is 2.33. The van der Waals surface area contributed by atoms with Crippen molar-refractivity contribution in [3.05, 3.63) is 23.3 Å². The van der Waals surface area contributed by atoms with Gasteiger partial charge in [-0.25, -0.2) is 0 Å². The molecule has 1 unspecified atom stereocenters. The number of hydrogen-bond acceptors (Lipinski definition) is 0. The summed E-state index contributed by atoms with van der Waals surface area (Å²) >= 11 is 0. The Balaban J connectivity index is 2.68. The zero-order valence-corrected chi connectivity index (χ0v) is 8.02. The molecular formula is C11H18. The first-order chi connectivity index (χ1) is 5.13. The first-order valence-electron chi connectivity index (χ1n) is 4.50. The Kier molecular flexibility index (Phi) is 2.53. The minimum Gasteiger partial charge on any atom is -0.0775 e. The molecule has 0 heterocycles. The van der Waals surface area contributed by atoms with E-state index in [9.17, 15) is 0 Å². The van der Waals surface area contributed by atoms with Crippen molar-refractivity contribution in [2.24, 2.45) is 11.8 Å². The van der Waals surface area contributed by atoms with Crippen molar-refractivity contribution >= 4 is 0 Å². The van der Waals surface area contributed by atoms with Crippen molar-refractivity contribution < 1.29 is 0 Å². The van der Waals surface area contributed by atoms with Crippen molar-refractivity contribution in [3.63, 3.8) is 0 Å². The molecule has 0 radical (unpaired) electrons. The standard InChI is InChI=1S/C11H18/c1-8(2)10(4)11-7-5-6-9(11)3/h6-8,10H,5H2,1-4H3. The maximum Gasteiger partial charge on any atom is -0.0157 e. The summed E-state index contributed by atoms with van der Waals surface area (Å²) in [6, 6.07) is 0. The van der Waals surface area contributed by atoms with Crippen LogP contribution >= 0.6 is 0 Å². The summed E-state index contributed by atoms with van der Waals surface area (Å²) in [4.78, 5) is 0. The average molecular weight is 150 g/mol. The summed E-state index contributed by atoms with van der Waals surface area (Å²) in [5.74, 6) is 1.50. The van der Waals surface area contributed by atoms with Crippen LogP contribution in [-0.2, 0) is 0 Å². The second-order valence-electron chi connectivity index (χ2n) is 3.81. The molecule has 0 saturated carbocycles. The summed E-state index contributed by atoms with van der Waals surface area (Å²) in [5, 5.41) is 0. The fourth-order valence-electron chi connectivity index (χ4n) is 1.55. The third-order valence-electron chi connectivity index (χ3n) is 2.71. The normalized spacial score (nSPS) is 20.1. The first kappa shape index (κ1) is 8.58. The Morgan fingerprint density at radius 1 is 1.18 bits per heavy atom. The summed E-state index contributed by atoms with van der Waals surface area (Å²) < 4.78 is 0. The van der Waals surface area contributed by atoms with E-state index >= 15 is 0 Å². The lowest BCUT2D eigenvalue weighted by Crippen LogP contribution is -2.06. The van der Waals surface area contributed by atoms with Crippen LogP contribution in [0.25, 0.3) is 0 Å². The van der Waals surface area contributed by atoms with E-state index in [4.69, 9.17) is 0 Å². The summed E-state index contributed by atoms with van der Waals surface area (Å²) in [6.45, 7) is 9.12. The molecule has 1 rings (SSSR count). The predicted molar refractivity (Wildman–Crippen MR) is 50.5 cm³/mol. The monoisotopic (exact) mass is 150 g/mol. The van der Waals surface area contributed by atoms with Gasteiger partial charge in [0.2, 0.25) is 0 Å². The lowest BCUT2D eigenvalue weighted by atomic mass is 9.88. The van der Waals surface area contributed by atoms with Gasteiger partial charge < -0.3 is 0 Å². The van der Waals surface area contributed by atoms with Crippen LogP contribution < -0.4 is 0 Å². The van der Waals surface area contributed by atoms with Gasteiger partial charge in [-0.2, -0.15) is 0 Å². The van der Waals surface area contributed by atoms with Crippen molar-refractivity contribution in [3.8, 4) is 0 Å². The van der Waals surface area contributed by atoms with E-state index in [0.29, 0.717) is 0 Å². The minimum atomic E-state index is 0.730. The zero-order valence-electron chi connectivity index (χ0n) is 8.02. The molecule has 0 aromatic rings. The summed E-state index contributed by atoms with van der Waals surface area (Å²) in [6.07, 6.45) is 5.83. The first-order valence-corrected chi connectivity index (χ1v) is 4.50. The highest BCUT2D eigenvalue weighted by Crippen LogP contribution is 2.30. The van der Waals surface area contributed by atoms with Crippen molar-refractivity contribution in [2.75, 3.05) is 0 Å². The molecule has 1 atom stereocenters. The van der Waals surface area contributed by atoms with E-state index in [2.05, 4.69) is 39.8 Å². The van der Waals surface area contributed by atoms with Gasteiger partial charge in [0.25, 0.3) is 0 Å². The van der Waals surface area contributed by atoms with E-state index in [1.165, 1.54) is 5.57 Å². The van der Waals surface area contributed by atoms with Gasteiger partial charge in [-0.3, -0.25) is 0 Å². The Labute approximate surface area is 70.0 Å². The second kappa shape index (κ2) is 3.25. The topological polar surface area (TPSA) is 0 Å². The van der Waals surface area contributed by atoms with Gasteiger partial charge in [-0.05, 0) is 30.8 Å². The zero-order chi connectivity index (χ0) is 8.43. The highest BCUT2D eigenvalue weighted by Gasteiger charge is 2.15. The Morgan fingerprint density at radius 2 is 1.82 bits per heavy atom. The lowest BCUT2D eigenvalue weighted by Gasteiger charge is -2.18. The van der Waals surface area contributed by atoms with Gasteiger partial charge in [0, 0.05) is 0 Å². The van der Waals surface area contributed by atoms with E-state index in [1.807, 2.05) is 0 Å². The Hall–Kier alpha value is -0.520. The smallest absolute Gasteiger partial charge is 0.0157 e. The predicted octanol–water partition coefficient (Wildman–Crippen LogP) is 3.55. The Morgan fingerprint density at radius 3 is 2.18 bits per heavy atom. The van der Waals surface area contributed by atoms with Crippen LogP contribution in [0.3, 0.4) is 0 Å². The third-order valence-corrected chi connectivity index (χ3v) is 2.71. The summed E-state index contributed by atoms with van der Waals surface area (Å²) in [5.41, 5.74) is 3.06. The van der Waals surface area contributed by atoms with Crippen LogP contribution in [0.4, 0.5) is 0 Å². The van der Waals surface area contributed by atoms with E-state index in [1.54, 1.807) is 5.57 Å². The van der Waals surface area contributed by atoms with Gasteiger partial charge in [0.05, 0.1) is 0 Å². The van der Waals surface area contributed by atoms with E-state index in [-0.39, 0.29) is 0 Å². The number of rotatable bonds is 2. The molecule has 1 aliphatic rings. The molecule has 0 aliphatic heterocycles. The molecule has 11 heavy (non-hydrogen) atoms. The molecule has 0 aromatic carbocycles. The molecule has 0 amide bonds. The van der Waals surface area contributed by atoms with Gasteiger partial charge in [-0.15, -0.1) is 0 Å². The molecule has 1 aliphatic carbocycles. The van der Waals surface area contributed by atoms with Crippen LogP contribution in [0.2, 0.25) is 0 Å². The van der Waals surface area contributed by atoms with Crippen LogP contribution in [0.1, 0.15) is 34.1 Å². The van der Waals surface area contributed by atoms with E-state index < -0.39 is 0 Å². The van der Waals surface area contributed by atoms with E-state index in [0.717, 1.165) is 18.3 Å². The van der Waals surface area contributed by atoms with Gasteiger partial charge in [0.15, 0.2) is 0 Å². The van der Waals surface area contributed by atoms with Crippen LogP contribution in [-0.4, -0.2) is 0 Å². The maximum absolute atomic E-state index is 2.36. The molecule has 62 valence electrons. The minimum absolute atomic E-state index is 0.730. The summed E-state index contributed by atoms with van der Waals surface area (Å²) in [7, 11) is 0. The molecule has 0 fully saturated rings. The van der Waals surface area contributed by atoms with Gasteiger partial charge in [0.1, 0.15) is 0 Å². The number of hydrogen-bond donors (Lipinski definition) is 0. The fraction of sp³-hybridized carbons (Fsp3) is 0.636. The molecule has 0 heteroatoms. The van der Waals surface area contributed by atoms with Crippen molar-refractivity contribution in [2.45, 2.75) is 34.1 Å². The Bertz CT molecular complexity index is 194. The van der Waals surface area contributed by atoms with Crippen molar-refractivity contribution in [1.29, 1.82) is 0 Å². The van der Waals surface area contributed by atoms with Crippen molar-refractivity contribution in [1.82, 2.24) is 0 Å². The molecule has 0 saturated heterocycles. The molecule has 0 N–H and O–H groups in total.